The van der Waals surface area contributed by atoms with Gasteiger partial charge in [0.1, 0.15) is 10.7 Å². The van der Waals surface area contributed by atoms with E-state index in [0.717, 1.165) is 25.0 Å². The van der Waals surface area contributed by atoms with Gasteiger partial charge in [-0.1, -0.05) is 11.6 Å². The van der Waals surface area contributed by atoms with Crippen LogP contribution in [0.4, 0.5) is 4.39 Å². The van der Waals surface area contributed by atoms with Crippen LogP contribution in [0.5, 0.6) is 0 Å². The molecule has 8 heteroatoms. The van der Waals surface area contributed by atoms with Crippen LogP contribution in [0.2, 0.25) is 5.02 Å². The summed E-state index contributed by atoms with van der Waals surface area (Å²) in [6.07, 6.45) is 1.85. The molecule has 25 heavy (non-hydrogen) atoms. The van der Waals surface area contributed by atoms with Gasteiger partial charge in [0, 0.05) is 26.2 Å². The van der Waals surface area contributed by atoms with Crippen LogP contribution in [0.15, 0.2) is 23.1 Å². The lowest BCUT2D eigenvalue weighted by molar-refractivity contribution is -0.0209. The molecular weight excluding hydrogens is 367 g/mol. The molecule has 0 radical (unpaired) electrons. The minimum Gasteiger partial charge on any atom is -0.380 e. The predicted octanol–water partition coefficient (Wildman–Crippen LogP) is 2.45. The molecule has 0 bridgehead atoms. The number of likely N-dealkylation sites (N-methyl/N-ethyl adjacent to an activating group) is 1. The standard InChI is InChI=1S/C17H24ClFN2O3S/c1-20(2)15-6-11-9-21(10-12(11)7-16(15)24-3)25(22,23)17-5-4-13(19)8-14(17)18/h4-5,8,11-12,15-16H,6-7,9-10H2,1-3H3/t11-,12+,15-,16-/m1/s1. The van der Waals surface area contributed by atoms with E-state index in [2.05, 4.69) is 4.90 Å². The molecule has 2 aliphatic rings. The summed E-state index contributed by atoms with van der Waals surface area (Å²) < 4.78 is 46.3. The van der Waals surface area contributed by atoms with Crippen LogP contribution >= 0.6 is 11.6 Å². The first-order valence-electron chi connectivity index (χ1n) is 8.38. The summed E-state index contributed by atoms with van der Waals surface area (Å²) >= 11 is 5.98. The second kappa shape index (κ2) is 7.12. The van der Waals surface area contributed by atoms with Gasteiger partial charge >= 0.3 is 0 Å². The van der Waals surface area contributed by atoms with Crippen molar-refractivity contribution in [2.24, 2.45) is 11.8 Å². The summed E-state index contributed by atoms with van der Waals surface area (Å²) in [7, 11) is 2.04. The molecule has 1 aromatic rings. The normalized spacial score (nSPS) is 30.6. The van der Waals surface area contributed by atoms with E-state index in [-0.39, 0.29) is 28.0 Å². The van der Waals surface area contributed by atoms with Crippen LogP contribution in [0.1, 0.15) is 12.8 Å². The fourth-order valence-corrected chi connectivity index (χ4v) is 6.22. The topological polar surface area (TPSA) is 49.9 Å². The Hall–Kier alpha value is -0.730. The Morgan fingerprint density at radius 1 is 1.24 bits per heavy atom. The third kappa shape index (κ3) is 3.57. The van der Waals surface area contributed by atoms with Crippen molar-refractivity contribution in [3.05, 3.63) is 29.0 Å². The lowest BCUT2D eigenvalue weighted by Gasteiger charge is -2.40. The van der Waals surface area contributed by atoms with E-state index in [1.807, 2.05) is 14.1 Å². The van der Waals surface area contributed by atoms with E-state index < -0.39 is 15.8 Å². The molecule has 4 atom stereocenters. The maximum absolute atomic E-state index is 13.2. The van der Waals surface area contributed by atoms with Crippen molar-refractivity contribution in [2.45, 2.75) is 29.9 Å². The maximum atomic E-state index is 13.2. The molecule has 1 aliphatic carbocycles. The van der Waals surface area contributed by atoms with Crippen LogP contribution < -0.4 is 0 Å². The fourth-order valence-electron chi connectivity index (χ4n) is 4.16. The Morgan fingerprint density at radius 2 is 1.88 bits per heavy atom. The highest BCUT2D eigenvalue weighted by atomic mass is 35.5. The molecule has 1 saturated carbocycles. The second-order valence-electron chi connectivity index (χ2n) is 7.19. The van der Waals surface area contributed by atoms with Crippen molar-refractivity contribution in [3.8, 4) is 0 Å². The SMILES string of the molecule is CO[C@@H]1C[C@H]2CN(S(=O)(=O)c3ccc(F)cc3Cl)C[C@H]2C[C@H]1N(C)C. The average molecular weight is 391 g/mol. The van der Waals surface area contributed by atoms with Gasteiger partial charge < -0.3 is 9.64 Å². The number of ether oxygens (including phenoxy) is 1. The van der Waals surface area contributed by atoms with Crippen LogP contribution in [0.25, 0.3) is 0 Å². The van der Waals surface area contributed by atoms with Gasteiger partial charge in [0.05, 0.1) is 11.1 Å². The number of benzene rings is 1. The highest BCUT2D eigenvalue weighted by Crippen LogP contribution is 2.41. The number of nitrogens with zero attached hydrogens (tertiary/aromatic N) is 2. The molecule has 0 N–H and O–H groups in total. The van der Waals surface area contributed by atoms with Crippen molar-refractivity contribution in [2.75, 3.05) is 34.3 Å². The van der Waals surface area contributed by atoms with Gasteiger partial charge in [-0.3, -0.25) is 0 Å². The maximum Gasteiger partial charge on any atom is 0.244 e. The van der Waals surface area contributed by atoms with Gasteiger partial charge in [0.15, 0.2) is 0 Å². The van der Waals surface area contributed by atoms with Crippen molar-refractivity contribution in [3.63, 3.8) is 0 Å². The Balaban J connectivity index is 1.82. The monoisotopic (exact) mass is 390 g/mol. The Labute approximate surface area is 153 Å². The van der Waals surface area contributed by atoms with Gasteiger partial charge in [-0.2, -0.15) is 4.31 Å². The molecule has 2 fully saturated rings. The summed E-state index contributed by atoms with van der Waals surface area (Å²) in [5, 5.41) is -0.0733. The van der Waals surface area contributed by atoms with E-state index >= 15 is 0 Å². The average Bonchev–Trinajstić information content (AvgIpc) is 2.96. The summed E-state index contributed by atoms with van der Waals surface area (Å²) in [4.78, 5) is 2.12. The number of halogens is 2. The van der Waals surface area contributed by atoms with Gasteiger partial charge in [0.2, 0.25) is 10.0 Å². The van der Waals surface area contributed by atoms with Crippen LogP contribution in [-0.2, 0) is 14.8 Å². The van der Waals surface area contributed by atoms with Gasteiger partial charge in [-0.25, -0.2) is 12.8 Å². The fraction of sp³-hybridized carbons (Fsp3) is 0.647. The van der Waals surface area contributed by atoms with E-state index in [4.69, 9.17) is 16.3 Å². The highest BCUT2D eigenvalue weighted by Gasteiger charge is 2.46. The lowest BCUT2D eigenvalue weighted by atomic mass is 9.77. The molecule has 1 aromatic carbocycles. The zero-order chi connectivity index (χ0) is 18.4. The highest BCUT2D eigenvalue weighted by molar-refractivity contribution is 7.89. The summed E-state index contributed by atoms with van der Waals surface area (Å²) in [6, 6.07) is 3.70. The van der Waals surface area contributed by atoms with Crippen LogP contribution in [-0.4, -0.2) is 64.1 Å². The lowest BCUT2D eigenvalue weighted by Crippen LogP contribution is -2.47. The molecule has 1 saturated heterocycles. The number of methoxy groups -OCH3 is 1. The van der Waals surface area contributed by atoms with E-state index in [1.165, 1.54) is 10.4 Å². The quantitative estimate of drug-likeness (QED) is 0.792. The molecule has 1 heterocycles. The predicted molar refractivity (Wildman–Crippen MR) is 94.7 cm³/mol. The van der Waals surface area contributed by atoms with Crippen molar-refractivity contribution in [1.82, 2.24) is 9.21 Å². The Bertz CT molecular complexity index is 743. The molecule has 1 aliphatic heterocycles. The minimum absolute atomic E-state index is 0.0262. The van der Waals surface area contributed by atoms with E-state index in [0.29, 0.717) is 19.0 Å². The van der Waals surface area contributed by atoms with E-state index in [9.17, 15) is 12.8 Å². The Morgan fingerprint density at radius 3 is 2.44 bits per heavy atom. The first-order chi connectivity index (χ1) is 11.7. The van der Waals surface area contributed by atoms with Crippen molar-refractivity contribution in [1.29, 1.82) is 0 Å². The zero-order valence-electron chi connectivity index (χ0n) is 14.7. The third-order valence-corrected chi connectivity index (χ3v) is 7.84. The molecule has 0 aromatic heterocycles. The van der Waals surface area contributed by atoms with Gasteiger partial charge in [-0.15, -0.1) is 0 Å². The van der Waals surface area contributed by atoms with Crippen molar-refractivity contribution >= 4 is 21.6 Å². The molecule has 5 nitrogen and oxygen atoms in total. The molecule has 0 spiro atoms. The van der Waals surface area contributed by atoms with Crippen molar-refractivity contribution < 1.29 is 17.5 Å². The number of hydrogen-bond donors (Lipinski definition) is 0. The summed E-state index contributed by atoms with van der Waals surface area (Å²) in [5.41, 5.74) is 0. The molecule has 3 rings (SSSR count). The third-order valence-electron chi connectivity index (χ3n) is 5.53. The smallest absolute Gasteiger partial charge is 0.244 e. The minimum atomic E-state index is -3.73. The van der Waals surface area contributed by atoms with Crippen LogP contribution in [0.3, 0.4) is 0 Å². The molecule has 140 valence electrons. The summed E-state index contributed by atoms with van der Waals surface area (Å²) in [5.74, 6) is 0.0266. The number of rotatable bonds is 4. The number of fused-ring (bicyclic) bond motifs is 1. The first-order valence-corrected chi connectivity index (χ1v) is 10.2. The number of hydrogen-bond acceptors (Lipinski definition) is 4. The molecular formula is C17H24ClFN2O3S. The van der Waals surface area contributed by atoms with Crippen LogP contribution in [0, 0.1) is 17.7 Å². The first kappa shape index (κ1) is 19.0. The van der Waals surface area contributed by atoms with Gasteiger partial charge in [-0.05, 0) is 57.0 Å². The van der Waals surface area contributed by atoms with Gasteiger partial charge in [0.25, 0.3) is 0 Å². The zero-order valence-corrected chi connectivity index (χ0v) is 16.2. The Kier molecular flexibility index (Phi) is 5.42. The number of sulfonamides is 1. The molecule has 0 amide bonds. The molecule has 0 unspecified atom stereocenters. The summed E-state index contributed by atoms with van der Waals surface area (Å²) in [6.45, 7) is 0.933. The largest absolute Gasteiger partial charge is 0.380 e. The second-order valence-corrected chi connectivity index (χ2v) is 9.51. The van der Waals surface area contributed by atoms with E-state index in [1.54, 1.807) is 7.11 Å².